The number of amides is 2. The van der Waals surface area contributed by atoms with E-state index < -0.39 is 6.04 Å². The van der Waals surface area contributed by atoms with Crippen molar-refractivity contribution in [1.29, 1.82) is 0 Å². The number of piperidine rings is 1. The molecular formula is C25H34N2O4. The molecule has 1 N–H and O–H groups in total. The van der Waals surface area contributed by atoms with Gasteiger partial charge in [0.1, 0.15) is 11.8 Å². The summed E-state index contributed by atoms with van der Waals surface area (Å²) in [7, 11) is 0. The largest absolute Gasteiger partial charge is 0.494 e. The monoisotopic (exact) mass is 426 g/mol. The highest BCUT2D eigenvalue weighted by Gasteiger charge is 2.31. The first-order valence-corrected chi connectivity index (χ1v) is 11.3. The minimum Gasteiger partial charge on any atom is -0.494 e. The summed E-state index contributed by atoms with van der Waals surface area (Å²) in [6.45, 7) is 8.06. The van der Waals surface area contributed by atoms with Crippen molar-refractivity contribution in [1.82, 2.24) is 10.2 Å². The topological polar surface area (TPSA) is 71.8 Å². The van der Waals surface area contributed by atoms with Gasteiger partial charge in [-0.05, 0) is 74.3 Å². The van der Waals surface area contributed by atoms with Crippen LogP contribution in [0.5, 0.6) is 5.75 Å². The third-order valence-electron chi connectivity index (χ3n) is 5.97. The molecule has 0 radical (unpaired) electrons. The number of rotatable bonds is 9. The van der Waals surface area contributed by atoms with Crippen LogP contribution in [0.25, 0.3) is 0 Å². The van der Waals surface area contributed by atoms with E-state index in [0.29, 0.717) is 12.5 Å². The van der Waals surface area contributed by atoms with E-state index in [0.717, 1.165) is 44.5 Å². The Morgan fingerprint density at radius 1 is 1.16 bits per heavy atom. The van der Waals surface area contributed by atoms with Gasteiger partial charge in [-0.15, -0.1) is 0 Å². The molecule has 6 nitrogen and oxygen atoms in total. The maximum Gasteiger partial charge on any atom is 0.287 e. The molecule has 0 aliphatic carbocycles. The van der Waals surface area contributed by atoms with E-state index in [-0.39, 0.29) is 23.5 Å². The zero-order valence-electron chi connectivity index (χ0n) is 18.8. The zero-order chi connectivity index (χ0) is 22.2. The van der Waals surface area contributed by atoms with Crippen molar-refractivity contribution in [2.24, 2.45) is 11.8 Å². The molecule has 31 heavy (non-hydrogen) atoms. The predicted octanol–water partition coefficient (Wildman–Crippen LogP) is 4.30. The van der Waals surface area contributed by atoms with Gasteiger partial charge >= 0.3 is 0 Å². The van der Waals surface area contributed by atoms with E-state index in [1.807, 2.05) is 37.8 Å². The molecule has 1 aliphatic rings. The van der Waals surface area contributed by atoms with Crippen LogP contribution in [0.2, 0.25) is 0 Å². The Bertz CT molecular complexity index is 822. The normalized spacial score (nSPS) is 15.7. The van der Waals surface area contributed by atoms with Crippen molar-refractivity contribution in [3.05, 3.63) is 54.0 Å². The minimum atomic E-state index is -0.544. The second kappa shape index (κ2) is 11.0. The lowest BCUT2D eigenvalue weighted by Gasteiger charge is -2.35. The van der Waals surface area contributed by atoms with Gasteiger partial charge in [0.15, 0.2) is 5.76 Å². The smallest absolute Gasteiger partial charge is 0.287 e. The quantitative estimate of drug-likeness (QED) is 0.649. The van der Waals surface area contributed by atoms with Gasteiger partial charge in [0.05, 0.1) is 12.9 Å². The fraction of sp³-hybridized carbons (Fsp3) is 0.520. The molecule has 2 aromatic rings. The van der Waals surface area contributed by atoms with Crippen molar-refractivity contribution in [3.63, 3.8) is 0 Å². The maximum atomic E-state index is 13.1. The first-order chi connectivity index (χ1) is 15.0. The first-order valence-electron chi connectivity index (χ1n) is 11.3. The molecule has 1 fully saturated rings. The van der Waals surface area contributed by atoms with Crippen LogP contribution in [0.3, 0.4) is 0 Å². The molecule has 1 aliphatic heterocycles. The van der Waals surface area contributed by atoms with E-state index in [9.17, 15) is 9.59 Å². The number of furan rings is 1. The second-order valence-electron chi connectivity index (χ2n) is 8.56. The molecule has 1 unspecified atom stereocenters. The molecule has 6 heteroatoms. The SMILES string of the molecule is CCOc1ccc(CCC2CCN(C(=O)C(NC(=O)c3ccco3)C(C)C)CC2)cc1. The summed E-state index contributed by atoms with van der Waals surface area (Å²) in [4.78, 5) is 27.3. The molecule has 1 aromatic heterocycles. The van der Waals surface area contributed by atoms with Crippen LogP contribution in [-0.2, 0) is 11.2 Å². The van der Waals surface area contributed by atoms with Gasteiger partial charge < -0.3 is 19.4 Å². The summed E-state index contributed by atoms with van der Waals surface area (Å²) in [5, 5.41) is 2.85. The average molecular weight is 427 g/mol. The fourth-order valence-electron chi connectivity index (χ4n) is 4.06. The Labute approximate surface area is 184 Å². The van der Waals surface area contributed by atoms with Crippen molar-refractivity contribution in [3.8, 4) is 5.75 Å². The summed E-state index contributed by atoms with van der Waals surface area (Å²) >= 11 is 0. The van der Waals surface area contributed by atoms with Gasteiger partial charge in [-0.2, -0.15) is 0 Å². The Kier molecular flexibility index (Phi) is 8.15. The van der Waals surface area contributed by atoms with Gasteiger partial charge in [-0.1, -0.05) is 26.0 Å². The summed E-state index contributed by atoms with van der Waals surface area (Å²) in [5.41, 5.74) is 1.32. The van der Waals surface area contributed by atoms with E-state index in [4.69, 9.17) is 9.15 Å². The third kappa shape index (κ3) is 6.36. The van der Waals surface area contributed by atoms with Crippen molar-refractivity contribution in [2.45, 2.75) is 52.5 Å². The molecule has 1 saturated heterocycles. The number of carbonyl (C=O) groups excluding carboxylic acids is 2. The van der Waals surface area contributed by atoms with Crippen LogP contribution in [0, 0.1) is 11.8 Å². The Morgan fingerprint density at radius 2 is 1.87 bits per heavy atom. The van der Waals surface area contributed by atoms with Crippen LogP contribution in [-0.4, -0.2) is 42.5 Å². The summed E-state index contributed by atoms with van der Waals surface area (Å²) in [6, 6.07) is 11.1. The van der Waals surface area contributed by atoms with Crippen molar-refractivity contribution >= 4 is 11.8 Å². The number of nitrogens with zero attached hydrogens (tertiary/aromatic N) is 1. The van der Waals surface area contributed by atoms with Crippen molar-refractivity contribution < 1.29 is 18.7 Å². The van der Waals surface area contributed by atoms with E-state index in [2.05, 4.69) is 17.4 Å². The Hall–Kier alpha value is -2.76. The van der Waals surface area contributed by atoms with Gasteiger partial charge in [0.25, 0.3) is 5.91 Å². The number of aryl methyl sites for hydroxylation is 1. The average Bonchev–Trinajstić information content (AvgIpc) is 3.32. The van der Waals surface area contributed by atoms with Crippen molar-refractivity contribution in [2.75, 3.05) is 19.7 Å². The lowest BCUT2D eigenvalue weighted by Crippen LogP contribution is -2.53. The molecule has 2 heterocycles. The van der Waals surface area contributed by atoms with Crippen LogP contribution in [0.4, 0.5) is 0 Å². The number of ether oxygens (including phenoxy) is 1. The van der Waals surface area contributed by atoms with Gasteiger partial charge in [-0.25, -0.2) is 0 Å². The lowest BCUT2D eigenvalue weighted by atomic mass is 9.90. The number of hydrogen-bond donors (Lipinski definition) is 1. The van der Waals surface area contributed by atoms with E-state index in [1.54, 1.807) is 12.1 Å². The van der Waals surface area contributed by atoms with Crippen LogP contribution < -0.4 is 10.1 Å². The predicted molar refractivity (Wildman–Crippen MR) is 120 cm³/mol. The molecule has 1 atom stereocenters. The molecule has 1 aromatic carbocycles. The summed E-state index contributed by atoms with van der Waals surface area (Å²) in [5.74, 6) is 1.42. The number of hydrogen-bond acceptors (Lipinski definition) is 4. The summed E-state index contributed by atoms with van der Waals surface area (Å²) < 4.78 is 10.7. The van der Waals surface area contributed by atoms with Gasteiger partial charge in [-0.3, -0.25) is 9.59 Å². The zero-order valence-corrected chi connectivity index (χ0v) is 18.8. The fourth-order valence-corrected chi connectivity index (χ4v) is 4.06. The van der Waals surface area contributed by atoms with Crippen LogP contribution in [0.15, 0.2) is 47.1 Å². The van der Waals surface area contributed by atoms with Gasteiger partial charge in [0.2, 0.25) is 5.91 Å². The Balaban J connectivity index is 1.47. The number of nitrogens with one attached hydrogen (secondary N) is 1. The second-order valence-corrected chi connectivity index (χ2v) is 8.56. The molecule has 0 saturated carbocycles. The molecule has 2 amide bonds. The molecule has 0 spiro atoms. The lowest BCUT2D eigenvalue weighted by molar-refractivity contribution is -0.135. The first kappa shape index (κ1) is 22.9. The molecular weight excluding hydrogens is 392 g/mol. The standard InChI is InChI=1S/C25H34N2O4/c1-4-30-21-11-9-19(10-12-21)7-8-20-13-15-27(16-14-20)25(29)23(18(2)3)26-24(28)22-6-5-17-31-22/h5-6,9-12,17-18,20,23H,4,7-8,13-16H2,1-3H3,(H,26,28). The number of carbonyl (C=O) groups is 2. The number of likely N-dealkylation sites (tertiary alicyclic amines) is 1. The molecule has 0 bridgehead atoms. The number of benzene rings is 1. The molecule has 168 valence electrons. The van der Waals surface area contributed by atoms with E-state index >= 15 is 0 Å². The maximum absolute atomic E-state index is 13.1. The van der Waals surface area contributed by atoms with Crippen LogP contribution in [0.1, 0.15) is 56.2 Å². The molecule has 3 rings (SSSR count). The highest BCUT2D eigenvalue weighted by molar-refractivity contribution is 5.95. The van der Waals surface area contributed by atoms with Gasteiger partial charge in [0, 0.05) is 13.1 Å². The highest BCUT2D eigenvalue weighted by Crippen LogP contribution is 2.24. The van der Waals surface area contributed by atoms with Crippen LogP contribution >= 0.6 is 0 Å². The summed E-state index contributed by atoms with van der Waals surface area (Å²) in [6.07, 6.45) is 5.62. The van der Waals surface area contributed by atoms with E-state index in [1.165, 1.54) is 11.8 Å². The highest BCUT2D eigenvalue weighted by atomic mass is 16.5. The third-order valence-corrected chi connectivity index (χ3v) is 5.97. The Morgan fingerprint density at radius 3 is 2.45 bits per heavy atom. The minimum absolute atomic E-state index is 0.000121.